The highest BCUT2D eigenvalue weighted by Gasteiger charge is 2.27. The van der Waals surface area contributed by atoms with Crippen molar-refractivity contribution in [3.05, 3.63) is 76.1 Å². The van der Waals surface area contributed by atoms with E-state index in [4.69, 9.17) is 4.74 Å². The van der Waals surface area contributed by atoms with E-state index in [-0.39, 0.29) is 22.7 Å². The molecule has 0 unspecified atom stereocenters. The van der Waals surface area contributed by atoms with E-state index < -0.39 is 17.2 Å². The molecular weight excluding hydrogens is 429 g/mol. The van der Waals surface area contributed by atoms with Crippen LogP contribution in [-0.4, -0.2) is 37.7 Å². The van der Waals surface area contributed by atoms with Gasteiger partial charge in [0.2, 0.25) is 5.43 Å². The summed E-state index contributed by atoms with van der Waals surface area (Å²) in [5.41, 5.74) is 0.980. The van der Waals surface area contributed by atoms with E-state index in [1.165, 1.54) is 16.9 Å². The van der Waals surface area contributed by atoms with E-state index in [0.29, 0.717) is 17.8 Å². The highest BCUT2D eigenvalue weighted by atomic mass is 19.1. The molecule has 0 saturated heterocycles. The molecule has 0 bridgehead atoms. The molecule has 0 radical (unpaired) electrons. The zero-order valence-electron chi connectivity index (χ0n) is 17.7. The van der Waals surface area contributed by atoms with Crippen molar-refractivity contribution in [2.45, 2.75) is 25.4 Å². The van der Waals surface area contributed by atoms with E-state index in [2.05, 4.69) is 15.6 Å². The Kier molecular flexibility index (Phi) is 5.04. The fourth-order valence-electron chi connectivity index (χ4n) is 3.74. The second-order valence-corrected chi connectivity index (χ2v) is 7.87. The molecule has 0 amide bonds. The number of ether oxygens (including phenoxy) is 1. The number of halogens is 1. The standard InChI is InChI=1S/C23H20FN5O4/c1-33-16-6-2-13(3-7-16)25-10-14-11-29(27-26-14)21-9-20-17(8-19(21)24)22(30)18(23(31)32)12-28(20)15-4-5-15/h2-3,6-9,11-12,15,25H,4-5,10H2,1H3,(H,31,32). The lowest BCUT2D eigenvalue weighted by Crippen LogP contribution is -2.19. The molecular formula is C23H20FN5O4. The van der Waals surface area contributed by atoms with Crippen LogP contribution < -0.4 is 15.5 Å². The summed E-state index contributed by atoms with van der Waals surface area (Å²) in [5.74, 6) is -1.27. The number of aromatic carboxylic acids is 1. The minimum Gasteiger partial charge on any atom is -0.497 e. The van der Waals surface area contributed by atoms with Crippen molar-refractivity contribution < 1.29 is 19.0 Å². The van der Waals surface area contributed by atoms with Gasteiger partial charge in [-0.1, -0.05) is 5.21 Å². The van der Waals surface area contributed by atoms with Crippen LogP contribution in [0, 0.1) is 5.82 Å². The van der Waals surface area contributed by atoms with Crippen LogP contribution in [0.25, 0.3) is 16.6 Å². The molecule has 33 heavy (non-hydrogen) atoms. The zero-order chi connectivity index (χ0) is 23.1. The number of anilines is 1. The van der Waals surface area contributed by atoms with E-state index >= 15 is 0 Å². The van der Waals surface area contributed by atoms with Gasteiger partial charge in [0, 0.05) is 23.3 Å². The molecule has 0 aliphatic heterocycles. The molecule has 2 aromatic heterocycles. The van der Waals surface area contributed by atoms with Crippen molar-refractivity contribution in [2.75, 3.05) is 12.4 Å². The Hall–Kier alpha value is -4.21. The summed E-state index contributed by atoms with van der Waals surface area (Å²) >= 11 is 0. The number of hydrogen-bond acceptors (Lipinski definition) is 6. The first-order valence-corrected chi connectivity index (χ1v) is 10.4. The van der Waals surface area contributed by atoms with Crippen molar-refractivity contribution >= 4 is 22.6 Å². The Morgan fingerprint density at radius 3 is 2.67 bits per heavy atom. The van der Waals surface area contributed by atoms with Crippen LogP contribution in [0.3, 0.4) is 0 Å². The Morgan fingerprint density at radius 1 is 1.24 bits per heavy atom. The lowest BCUT2D eigenvalue weighted by atomic mass is 10.1. The fraction of sp³-hybridized carbons (Fsp3) is 0.217. The Morgan fingerprint density at radius 2 is 2.00 bits per heavy atom. The molecule has 0 spiro atoms. The monoisotopic (exact) mass is 449 g/mol. The predicted molar refractivity (Wildman–Crippen MR) is 119 cm³/mol. The maximum atomic E-state index is 15.0. The van der Waals surface area contributed by atoms with Crippen molar-refractivity contribution in [3.8, 4) is 11.4 Å². The predicted octanol–water partition coefficient (Wildman–Crippen LogP) is 3.38. The summed E-state index contributed by atoms with van der Waals surface area (Å²) in [6, 6.07) is 10.1. The van der Waals surface area contributed by atoms with E-state index in [9.17, 15) is 19.1 Å². The van der Waals surface area contributed by atoms with Gasteiger partial charge in [-0.25, -0.2) is 13.9 Å². The first-order chi connectivity index (χ1) is 15.9. The number of fused-ring (bicyclic) bond motifs is 1. The molecule has 9 nitrogen and oxygen atoms in total. The van der Waals surface area contributed by atoms with Gasteiger partial charge < -0.3 is 19.7 Å². The highest BCUT2D eigenvalue weighted by molar-refractivity contribution is 5.93. The summed E-state index contributed by atoms with van der Waals surface area (Å²) in [6.45, 7) is 0.371. The van der Waals surface area contributed by atoms with E-state index in [0.717, 1.165) is 30.3 Å². The first kappa shape index (κ1) is 20.7. The molecule has 5 rings (SSSR count). The number of pyridine rings is 1. The number of carboxylic acid groups (broad SMARTS) is 1. The third kappa shape index (κ3) is 3.91. The SMILES string of the molecule is COc1ccc(NCc2cn(-c3cc4c(cc3F)c(=O)c(C(=O)O)cn4C3CC3)nn2)cc1. The molecule has 1 aliphatic carbocycles. The largest absolute Gasteiger partial charge is 0.497 e. The van der Waals surface area contributed by atoms with Crippen LogP contribution in [-0.2, 0) is 6.54 Å². The lowest BCUT2D eigenvalue weighted by Gasteiger charge is -2.13. The third-order valence-corrected chi connectivity index (χ3v) is 5.62. The molecule has 1 fully saturated rings. The number of rotatable bonds is 7. The van der Waals surface area contributed by atoms with Gasteiger partial charge in [-0.15, -0.1) is 5.10 Å². The second-order valence-electron chi connectivity index (χ2n) is 7.87. The number of benzene rings is 2. The smallest absolute Gasteiger partial charge is 0.341 e. The average molecular weight is 449 g/mol. The maximum Gasteiger partial charge on any atom is 0.341 e. The second kappa shape index (κ2) is 8.05. The van der Waals surface area contributed by atoms with Gasteiger partial charge in [-0.2, -0.15) is 0 Å². The summed E-state index contributed by atoms with van der Waals surface area (Å²) in [4.78, 5) is 24.1. The first-order valence-electron chi connectivity index (χ1n) is 10.4. The number of methoxy groups -OCH3 is 1. The van der Waals surface area contributed by atoms with Crippen molar-refractivity contribution in [3.63, 3.8) is 0 Å². The van der Waals surface area contributed by atoms with Crippen LogP contribution in [0.15, 0.2) is 53.6 Å². The zero-order valence-corrected chi connectivity index (χ0v) is 17.7. The minimum atomic E-state index is -1.33. The normalized spacial score (nSPS) is 13.3. The Labute approximate surface area is 187 Å². The Balaban J connectivity index is 1.47. The molecule has 2 N–H and O–H groups in total. The topological polar surface area (TPSA) is 111 Å². The van der Waals surface area contributed by atoms with Gasteiger partial charge >= 0.3 is 5.97 Å². The van der Waals surface area contributed by atoms with Crippen LogP contribution in [0.1, 0.15) is 34.9 Å². The molecule has 10 heteroatoms. The molecule has 0 atom stereocenters. The van der Waals surface area contributed by atoms with Crippen molar-refractivity contribution in [2.24, 2.45) is 0 Å². The van der Waals surface area contributed by atoms with E-state index in [1.54, 1.807) is 17.9 Å². The van der Waals surface area contributed by atoms with Crippen molar-refractivity contribution in [1.82, 2.24) is 19.6 Å². The maximum absolute atomic E-state index is 15.0. The summed E-state index contributed by atoms with van der Waals surface area (Å²) < 4.78 is 23.2. The Bertz CT molecular complexity index is 1420. The molecule has 1 aliphatic rings. The number of nitrogens with one attached hydrogen (secondary N) is 1. The van der Waals surface area contributed by atoms with Gasteiger partial charge in [0.05, 0.1) is 25.4 Å². The van der Waals surface area contributed by atoms with Crippen LogP contribution in [0.4, 0.5) is 10.1 Å². The van der Waals surface area contributed by atoms with Gasteiger partial charge in [0.15, 0.2) is 0 Å². The van der Waals surface area contributed by atoms with Gasteiger partial charge in [0.1, 0.15) is 28.5 Å². The number of carboxylic acids is 1. The molecule has 2 heterocycles. The van der Waals surface area contributed by atoms with Crippen LogP contribution in [0.5, 0.6) is 5.75 Å². The number of nitrogens with zero attached hydrogens (tertiary/aromatic N) is 4. The summed E-state index contributed by atoms with van der Waals surface area (Å²) in [5, 5.41) is 20.8. The number of aromatic nitrogens is 4. The minimum absolute atomic E-state index is 0.0320. The third-order valence-electron chi connectivity index (χ3n) is 5.62. The van der Waals surface area contributed by atoms with Crippen LogP contribution >= 0.6 is 0 Å². The summed E-state index contributed by atoms with van der Waals surface area (Å²) in [7, 11) is 1.60. The quantitative estimate of drug-likeness (QED) is 0.445. The summed E-state index contributed by atoms with van der Waals surface area (Å²) in [6.07, 6.45) is 4.69. The molecule has 168 valence electrons. The van der Waals surface area contributed by atoms with Gasteiger partial charge in [-0.3, -0.25) is 4.79 Å². The molecule has 2 aromatic carbocycles. The number of hydrogen-bond donors (Lipinski definition) is 2. The lowest BCUT2D eigenvalue weighted by molar-refractivity contribution is 0.0695. The average Bonchev–Trinajstić information content (AvgIpc) is 3.55. The highest BCUT2D eigenvalue weighted by Crippen LogP contribution is 2.37. The molecule has 1 saturated carbocycles. The van der Waals surface area contributed by atoms with Gasteiger partial charge in [-0.05, 0) is 49.2 Å². The van der Waals surface area contributed by atoms with Crippen LogP contribution in [0.2, 0.25) is 0 Å². The van der Waals surface area contributed by atoms with Gasteiger partial charge in [0.25, 0.3) is 0 Å². The number of carbonyl (C=O) groups is 1. The fourth-order valence-corrected chi connectivity index (χ4v) is 3.74. The van der Waals surface area contributed by atoms with E-state index in [1.807, 2.05) is 24.3 Å². The van der Waals surface area contributed by atoms with Crippen molar-refractivity contribution in [1.29, 1.82) is 0 Å². The molecule has 4 aromatic rings.